The second-order valence-electron chi connectivity index (χ2n) is 5.11. The summed E-state index contributed by atoms with van der Waals surface area (Å²) >= 11 is 1.61. The van der Waals surface area contributed by atoms with Crippen LogP contribution in [0.1, 0.15) is 0 Å². The van der Waals surface area contributed by atoms with Crippen molar-refractivity contribution in [1.82, 2.24) is 0 Å². The van der Waals surface area contributed by atoms with E-state index < -0.39 is 0 Å². The molecule has 0 spiro atoms. The number of nitrogens with one attached hydrogen (secondary N) is 2. The molecule has 0 aliphatic heterocycles. The SMILES string of the molecule is Nc1ccc(NC(=O)Nc2ccccc2Sc2ccccc2)cc1. The Kier molecular flexibility index (Phi) is 5.03. The third kappa shape index (κ3) is 4.30. The van der Waals surface area contributed by atoms with Gasteiger partial charge in [-0.2, -0.15) is 0 Å². The monoisotopic (exact) mass is 335 g/mol. The van der Waals surface area contributed by atoms with Crippen LogP contribution in [0.4, 0.5) is 21.9 Å². The van der Waals surface area contributed by atoms with Gasteiger partial charge in [0.25, 0.3) is 0 Å². The molecule has 0 saturated carbocycles. The second kappa shape index (κ2) is 7.57. The molecule has 0 heterocycles. The molecule has 3 aromatic carbocycles. The molecule has 4 N–H and O–H groups in total. The Bertz CT molecular complexity index is 820. The first-order valence-electron chi connectivity index (χ1n) is 7.46. The van der Waals surface area contributed by atoms with Crippen LogP contribution in [0.2, 0.25) is 0 Å². The molecule has 0 fully saturated rings. The number of amides is 2. The van der Waals surface area contributed by atoms with Crippen molar-refractivity contribution in [3.63, 3.8) is 0 Å². The molecule has 0 unspecified atom stereocenters. The van der Waals surface area contributed by atoms with Crippen LogP contribution in [0.15, 0.2) is 88.7 Å². The normalized spacial score (nSPS) is 10.2. The molecule has 0 atom stereocenters. The molecular formula is C19H17N3OS. The standard InChI is InChI=1S/C19H17N3OS/c20-14-10-12-15(13-11-14)21-19(23)22-17-8-4-5-9-18(17)24-16-6-2-1-3-7-16/h1-13H,20H2,(H2,21,22,23). The lowest BCUT2D eigenvalue weighted by molar-refractivity contribution is 0.262. The van der Waals surface area contributed by atoms with Crippen LogP contribution in [-0.2, 0) is 0 Å². The van der Waals surface area contributed by atoms with E-state index in [0.29, 0.717) is 11.4 Å². The van der Waals surface area contributed by atoms with Crippen LogP contribution in [0, 0.1) is 0 Å². The molecule has 0 aromatic heterocycles. The van der Waals surface area contributed by atoms with Crippen molar-refractivity contribution >= 4 is 34.9 Å². The topological polar surface area (TPSA) is 67.1 Å². The van der Waals surface area contributed by atoms with Crippen LogP contribution < -0.4 is 16.4 Å². The van der Waals surface area contributed by atoms with Crippen LogP contribution in [0.5, 0.6) is 0 Å². The van der Waals surface area contributed by atoms with Gasteiger partial charge in [0, 0.05) is 21.2 Å². The predicted molar refractivity (Wildman–Crippen MR) is 101 cm³/mol. The van der Waals surface area contributed by atoms with E-state index in [2.05, 4.69) is 10.6 Å². The van der Waals surface area contributed by atoms with E-state index in [-0.39, 0.29) is 6.03 Å². The fourth-order valence-electron chi connectivity index (χ4n) is 2.13. The maximum atomic E-state index is 12.2. The van der Waals surface area contributed by atoms with E-state index in [0.717, 1.165) is 15.5 Å². The minimum Gasteiger partial charge on any atom is -0.399 e. The van der Waals surface area contributed by atoms with Crippen molar-refractivity contribution < 1.29 is 4.79 Å². The number of carbonyl (C=O) groups is 1. The van der Waals surface area contributed by atoms with Gasteiger partial charge >= 0.3 is 6.03 Å². The number of urea groups is 1. The number of anilines is 3. The molecule has 0 aliphatic carbocycles. The Balaban J connectivity index is 1.70. The second-order valence-corrected chi connectivity index (χ2v) is 6.23. The molecule has 0 aliphatic rings. The van der Waals surface area contributed by atoms with Crippen LogP contribution in [-0.4, -0.2) is 6.03 Å². The summed E-state index contributed by atoms with van der Waals surface area (Å²) in [5.41, 5.74) is 7.75. The van der Waals surface area contributed by atoms with Gasteiger partial charge in [-0.25, -0.2) is 4.79 Å². The number of benzene rings is 3. The summed E-state index contributed by atoms with van der Waals surface area (Å²) in [6.45, 7) is 0. The zero-order valence-corrected chi connectivity index (χ0v) is 13.7. The first kappa shape index (κ1) is 16.0. The number of hydrogen-bond acceptors (Lipinski definition) is 3. The van der Waals surface area contributed by atoms with Gasteiger partial charge in [0.1, 0.15) is 0 Å². The van der Waals surface area contributed by atoms with E-state index in [1.165, 1.54) is 0 Å². The molecule has 3 aromatic rings. The summed E-state index contributed by atoms with van der Waals surface area (Å²) in [7, 11) is 0. The Labute approximate surface area is 145 Å². The van der Waals surface area contributed by atoms with Gasteiger partial charge in [-0.05, 0) is 48.5 Å². The smallest absolute Gasteiger partial charge is 0.323 e. The number of carbonyl (C=O) groups excluding carboxylic acids is 1. The summed E-state index contributed by atoms with van der Waals surface area (Å²) in [5.74, 6) is 0. The average Bonchev–Trinajstić information content (AvgIpc) is 2.60. The van der Waals surface area contributed by atoms with E-state index in [4.69, 9.17) is 5.73 Å². The fourth-order valence-corrected chi connectivity index (χ4v) is 3.05. The highest BCUT2D eigenvalue weighted by molar-refractivity contribution is 7.99. The number of nitrogen functional groups attached to an aromatic ring is 1. The Morgan fingerprint density at radius 3 is 2.21 bits per heavy atom. The Hall–Kier alpha value is -2.92. The molecule has 2 amide bonds. The van der Waals surface area contributed by atoms with E-state index >= 15 is 0 Å². The first-order chi connectivity index (χ1) is 11.7. The van der Waals surface area contributed by atoms with Gasteiger partial charge in [0.15, 0.2) is 0 Å². The maximum Gasteiger partial charge on any atom is 0.323 e. The van der Waals surface area contributed by atoms with Gasteiger partial charge in [-0.3, -0.25) is 0 Å². The van der Waals surface area contributed by atoms with Gasteiger partial charge < -0.3 is 16.4 Å². The van der Waals surface area contributed by atoms with Crippen molar-refractivity contribution in [2.75, 3.05) is 16.4 Å². The van der Waals surface area contributed by atoms with Crippen molar-refractivity contribution in [3.8, 4) is 0 Å². The molecule has 0 radical (unpaired) electrons. The molecule has 24 heavy (non-hydrogen) atoms. The zero-order valence-electron chi connectivity index (χ0n) is 12.9. The highest BCUT2D eigenvalue weighted by atomic mass is 32.2. The Morgan fingerprint density at radius 2 is 1.46 bits per heavy atom. The zero-order chi connectivity index (χ0) is 16.8. The van der Waals surface area contributed by atoms with Crippen molar-refractivity contribution in [1.29, 1.82) is 0 Å². The van der Waals surface area contributed by atoms with Crippen LogP contribution in [0.25, 0.3) is 0 Å². The fraction of sp³-hybridized carbons (Fsp3) is 0. The molecule has 0 saturated heterocycles. The van der Waals surface area contributed by atoms with Crippen LogP contribution in [0.3, 0.4) is 0 Å². The van der Waals surface area contributed by atoms with Gasteiger partial charge in [-0.1, -0.05) is 42.1 Å². The summed E-state index contributed by atoms with van der Waals surface area (Å²) in [6.07, 6.45) is 0. The largest absolute Gasteiger partial charge is 0.399 e. The van der Waals surface area contributed by atoms with Crippen molar-refractivity contribution in [3.05, 3.63) is 78.9 Å². The van der Waals surface area contributed by atoms with Crippen LogP contribution >= 0.6 is 11.8 Å². The summed E-state index contributed by atoms with van der Waals surface area (Å²) in [4.78, 5) is 14.3. The molecule has 0 bridgehead atoms. The number of hydrogen-bond donors (Lipinski definition) is 3. The van der Waals surface area contributed by atoms with E-state index in [9.17, 15) is 4.79 Å². The molecular weight excluding hydrogens is 318 g/mol. The predicted octanol–water partition coefficient (Wildman–Crippen LogP) is 5.06. The molecule has 3 rings (SSSR count). The Morgan fingerprint density at radius 1 is 0.792 bits per heavy atom. The first-order valence-corrected chi connectivity index (χ1v) is 8.28. The van der Waals surface area contributed by atoms with Gasteiger partial charge in [0.2, 0.25) is 0 Å². The minimum atomic E-state index is -0.291. The average molecular weight is 335 g/mol. The lowest BCUT2D eigenvalue weighted by Crippen LogP contribution is -2.19. The lowest BCUT2D eigenvalue weighted by atomic mass is 10.3. The van der Waals surface area contributed by atoms with Crippen molar-refractivity contribution in [2.45, 2.75) is 9.79 Å². The van der Waals surface area contributed by atoms with Gasteiger partial charge in [0.05, 0.1) is 5.69 Å². The third-order valence-electron chi connectivity index (χ3n) is 3.27. The number of para-hydroxylation sites is 1. The molecule has 4 nitrogen and oxygen atoms in total. The highest BCUT2D eigenvalue weighted by Crippen LogP contribution is 2.33. The maximum absolute atomic E-state index is 12.2. The summed E-state index contributed by atoms with van der Waals surface area (Å²) < 4.78 is 0. The quantitative estimate of drug-likeness (QED) is 0.584. The number of rotatable bonds is 4. The summed E-state index contributed by atoms with van der Waals surface area (Å²) in [5, 5.41) is 5.69. The third-order valence-corrected chi connectivity index (χ3v) is 4.36. The van der Waals surface area contributed by atoms with Crippen molar-refractivity contribution in [2.24, 2.45) is 0 Å². The molecule has 120 valence electrons. The van der Waals surface area contributed by atoms with E-state index in [1.807, 2.05) is 54.6 Å². The summed E-state index contributed by atoms with van der Waals surface area (Å²) in [6, 6.07) is 24.5. The molecule has 5 heteroatoms. The van der Waals surface area contributed by atoms with Gasteiger partial charge in [-0.15, -0.1) is 0 Å². The number of nitrogens with two attached hydrogens (primary N) is 1. The lowest BCUT2D eigenvalue weighted by Gasteiger charge is -2.12. The highest BCUT2D eigenvalue weighted by Gasteiger charge is 2.08. The minimum absolute atomic E-state index is 0.291. The van der Waals surface area contributed by atoms with E-state index in [1.54, 1.807) is 36.0 Å².